The van der Waals surface area contributed by atoms with Crippen molar-refractivity contribution in [2.24, 2.45) is 0 Å². The van der Waals surface area contributed by atoms with Crippen molar-refractivity contribution in [3.8, 4) is 5.75 Å². The number of rotatable bonds is 7. The van der Waals surface area contributed by atoms with Crippen LogP contribution in [0.5, 0.6) is 5.75 Å². The molecule has 0 radical (unpaired) electrons. The molecule has 1 aromatic heterocycles. The summed E-state index contributed by atoms with van der Waals surface area (Å²) in [5, 5.41) is 10.9. The first-order valence-corrected chi connectivity index (χ1v) is 13.2. The average Bonchev–Trinajstić information content (AvgIpc) is 3.13. The molecule has 0 aliphatic heterocycles. The first-order chi connectivity index (χ1) is 15.3. The largest absolute Gasteiger partial charge is 0.507 e. The summed E-state index contributed by atoms with van der Waals surface area (Å²) in [7, 11) is 0. The summed E-state index contributed by atoms with van der Waals surface area (Å²) in [4.78, 5) is 17.1. The van der Waals surface area contributed by atoms with Crippen molar-refractivity contribution in [1.82, 2.24) is 4.98 Å². The minimum Gasteiger partial charge on any atom is -0.507 e. The van der Waals surface area contributed by atoms with Gasteiger partial charge >= 0.3 is 5.97 Å². The summed E-state index contributed by atoms with van der Waals surface area (Å²) in [6, 6.07) is 12.2. The molecule has 0 aliphatic carbocycles. The summed E-state index contributed by atoms with van der Waals surface area (Å²) < 4.78 is 7.82. The van der Waals surface area contributed by atoms with E-state index in [1.807, 2.05) is 37.3 Å². The van der Waals surface area contributed by atoms with Crippen LogP contribution in [0.15, 0.2) is 40.7 Å². The lowest BCUT2D eigenvalue weighted by Crippen LogP contribution is -2.19. The van der Waals surface area contributed by atoms with Crippen molar-refractivity contribution < 1.29 is 14.6 Å². The molecule has 1 atom stereocenters. The van der Waals surface area contributed by atoms with Gasteiger partial charge in [-0.05, 0) is 53.0 Å². The van der Waals surface area contributed by atoms with E-state index in [2.05, 4.69) is 52.6 Å². The lowest BCUT2D eigenvalue weighted by atomic mass is 9.78. The summed E-state index contributed by atoms with van der Waals surface area (Å²) in [6.07, 6.45) is 0.710. The molecule has 3 aromatic rings. The van der Waals surface area contributed by atoms with E-state index in [0.29, 0.717) is 24.3 Å². The quantitative estimate of drug-likeness (QED) is 0.282. The molecule has 0 bridgehead atoms. The van der Waals surface area contributed by atoms with E-state index < -0.39 is 0 Å². The summed E-state index contributed by atoms with van der Waals surface area (Å²) >= 11 is 3.29. The summed E-state index contributed by atoms with van der Waals surface area (Å²) in [6.45, 7) is 14.5. The number of hydrogen-bond acceptors (Lipinski definition) is 6. The normalized spacial score (nSPS) is 13.3. The van der Waals surface area contributed by atoms with Gasteiger partial charge in [0.25, 0.3) is 0 Å². The highest BCUT2D eigenvalue weighted by Gasteiger charge is 2.26. The molecule has 0 fully saturated rings. The maximum absolute atomic E-state index is 12.5. The Bertz CT molecular complexity index is 1050. The van der Waals surface area contributed by atoms with Gasteiger partial charge in [0.2, 0.25) is 0 Å². The Morgan fingerprint density at radius 1 is 1.09 bits per heavy atom. The predicted molar refractivity (Wildman–Crippen MR) is 140 cm³/mol. The van der Waals surface area contributed by atoms with Crippen LogP contribution in [-0.4, -0.2) is 27.9 Å². The molecule has 0 amide bonds. The maximum atomic E-state index is 12.5. The van der Waals surface area contributed by atoms with Crippen molar-refractivity contribution in [3.05, 3.63) is 53.1 Å². The van der Waals surface area contributed by atoms with E-state index in [1.165, 1.54) is 4.70 Å². The SMILES string of the molecule is CC(CSc1nc2ccccc2s1)OC(=O)CCc1cc(C(C)(C)C)c(O)c(C(C)(C)C)c1. The standard InChI is InChI=1S/C27H35NO3S2/c1-17(16-32-25-28-21-10-8-9-11-22(21)33-25)31-23(29)13-12-18-14-19(26(2,3)4)24(30)20(15-18)27(5,6)7/h8-11,14-15,17,30H,12-13,16H2,1-7H3. The van der Waals surface area contributed by atoms with E-state index in [9.17, 15) is 9.90 Å². The van der Waals surface area contributed by atoms with Gasteiger partial charge < -0.3 is 9.84 Å². The molecular weight excluding hydrogens is 450 g/mol. The Balaban J connectivity index is 1.59. The highest BCUT2D eigenvalue weighted by Crippen LogP contribution is 2.40. The number of nitrogens with zero attached hydrogens (tertiary/aromatic N) is 1. The van der Waals surface area contributed by atoms with E-state index in [0.717, 1.165) is 26.5 Å². The fourth-order valence-electron chi connectivity index (χ4n) is 3.65. The number of aryl methyl sites for hydroxylation is 1. The number of hydrogen-bond donors (Lipinski definition) is 1. The molecule has 4 nitrogen and oxygen atoms in total. The molecule has 0 aliphatic rings. The Morgan fingerprint density at radius 2 is 1.70 bits per heavy atom. The second-order valence-corrected chi connectivity index (χ2v) is 12.9. The number of thioether (sulfide) groups is 1. The maximum Gasteiger partial charge on any atom is 0.306 e. The molecule has 3 rings (SSSR count). The Kier molecular flexibility index (Phi) is 7.80. The highest BCUT2D eigenvalue weighted by atomic mass is 32.2. The molecule has 1 heterocycles. The first kappa shape index (κ1) is 25.6. The minimum atomic E-state index is -0.199. The molecule has 6 heteroatoms. The molecule has 0 saturated heterocycles. The predicted octanol–water partition coefficient (Wildman–Crippen LogP) is 7.25. The zero-order valence-corrected chi connectivity index (χ0v) is 22.3. The molecular formula is C27H35NO3S2. The number of ether oxygens (including phenoxy) is 1. The monoisotopic (exact) mass is 485 g/mol. The molecule has 178 valence electrons. The van der Waals surface area contributed by atoms with Crippen molar-refractivity contribution in [3.63, 3.8) is 0 Å². The number of para-hydroxylation sites is 1. The topological polar surface area (TPSA) is 59.4 Å². The molecule has 0 saturated carbocycles. The number of carbonyl (C=O) groups excluding carboxylic acids is 1. The summed E-state index contributed by atoms with van der Waals surface area (Å²) in [5.41, 5.74) is 3.52. The zero-order valence-electron chi connectivity index (χ0n) is 20.7. The number of esters is 1. The Morgan fingerprint density at radius 3 is 2.27 bits per heavy atom. The van der Waals surface area contributed by atoms with Crippen LogP contribution in [0.25, 0.3) is 10.2 Å². The Hall–Kier alpha value is -2.05. The number of carbonyl (C=O) groups is 1. The number of phenolic OH excluding ortho intramolecular Hbond substituents is 1. The third kappa shape index (κ3) is 6.73. The van der Waals surface area contributed by atoms with Crippen LogP contribution in [0.3, 0.4) is 0 Å². The molecule has 1 unspecified atom stereocenters. The molecule has 33 heavy (non-hydrogen) atoms. The molecule has 2 aromatic carbocycles. The van der Waals surface area contributed by atoms with Crippen molar-refractivity contribution >= 4 is 39.3 Å². The number of aromatic hydroxyl groups is 1. The number of aromatic nitrogens is 1. The van der Waals surface area contributed by atoms with Gasteiger partial charge in [0, 0.05) is 12.2 Å². The average molecular weight is 486 g/mol. The number of thiazole rings is 1. The lowest BCUT2D eigenvalue weighted by molar-refractivity contribution is -0.147. The highest BCUT2D eigenvalue weighted by molar-refractivity contribution is 8.01. The zero-order chi connectivity index (χ0) is 24.4. The van der Waals surface area contributed by atoms with E-state index in [-0.39, 0.29) is 22.9 Å². The summed E-state index contributed by atoms with van der Waals surface area (Å²) in [5.74, 6) is 0.838. The number of fused-ring (bicyclic) bond motifs is 1. The van der Waals surface area contributed by atoms with Gasteiger partial charge in [-0.3, -0.25) is 4.79 Å². The van der Waals surface area contributed by atoms with Crippen molar-refractivity contribution in [2.45, 2.75) is 82.6 Å². The smallest absolute Gasteiger partial charge is 0.306 e. The van der Waals surface area contributed by atoms with Crippen molar-refractivity contribution in [2.75, 3.05) is 5.75 Å². The van der Waals surface area contributed by atoms with Crippen LogP contribution in [0.1, 0.15) is 71.6 Å². The Labute approximate surface area is 205 Å². The second-order valence-electron chi connectivity index (χ2n) is 10.6. The van der Waals surface area contributed by atoms with Crippen LogP contribution >= 0.6 is 23.1 Å². The fourth-order valence-corrected chi connectivity index (χ4v) is 5.66. The van der Waals surface area contributed by atoms with Gasteiger partial charge in [-0.15, -0.1) is 11.3 Å². The van der Waals surface area contributed by atoms with Crippen LogP contribution in [0, 0.1) is 0 Å². The first-order valence-electron chi connectivity index (χ1n) is 11.4. The van der Waals surface area contributed by atoms with Gasteiger partial charge in [-0.25, -0.2) is 4.98 Å². The van der Waals surface area contributed by atoms with Crippen LogP contribution in [0.2, 0.25) is 0 Å². The van der Waals surface area contributed by atoms with Crippen LogP contribution in [-0.2, 0) is 26.8 Å². The second kappa shape index (κ2) is 10.1. The van der Waals surface area contributed by atoms with E-state index >= 15 is 0 Å². The molecule has 1 N–H and O–H groups in total. The number of phenols is 1. The number of benzene rings is 2. The van der Waals surface area contributed by atoms with Gasteiger partial charge in [-0.2, -0.15) is 0 Å². The van der Waals surface area contributed by atoms with Crippen molar-refractivity contribution in [1.29, 1.82) is 0 Å². The molecule has 0 spiro atoms. The van der Waals surface area contributed by atoms with Crippen LogP contribution < -0.4 is 0 Å². The van der Waals surface area contributed by atoms with E-state index in [1.54, 1.807) is 23.1 Å². The fraction of sp³-hybridized carbons (Fsp3) is 0.481. The van der Waals surface area contributed by atoms with Gasteiger partial charge in [0.1, 0.15) is 11.9 Å². The lowest BCUT2D eigenvalue weighted by Gasteiger charge is -2.28. The third-order valence-electron chi connectivity index (χ3n) is 5.45. The minimum absolute atomic E-state index is 0.188. The van der Waals surface area contributed by atoms with Gasteiger partial charge in [-0.1, -0.05) is 77.6 Å². The van der Waals surface area contributed by atoms with Gasteiger partial charge in [0.05, 0.1) is 10.2 Å². The van der Waals surface area contributed by atoms with Crippen LogP contribution in [0.4, 0.5) is 0 Å². The van der Waals surface area contributed by atoms with E-state index in [4.69, 9.17) is 4.74 Å². The third-order valence-corrected chi connectivity index (χ3v) is 7.86. The van der Waals surface area contributed by atoms with Gasteiger partial charge in [0.15, 0.2) is 4.34 Å².